The Kier molecular flexibility index (Phi) is 6.99. The minimum atomic E-state index is -3.74. The van der Waals surface area contributed by atoms with Crippen LogP contribution in [0.5, 0.6) is 17.2 Å². The Labute approximate surface area is 190 Å². The lowest BCUT2D eigenvalue weighted by Crippen LogP contribution is -2.42. The van der Waals surface area contributed by atoms with Gasteiger partial charge >= 0.3 is 6.61 Å². The number of alkyl halides is 2. The zero-order chi connectivity index (χ0) is 23.4. The minimum Gasteiger partial charge on any atom is -0.486 e. The molecule has 178 valence electrons. The second-order valence-corrected chi connectivity index (χ2v) is 9.63. The fourth-order valence-electron chi connectivity index (χ4n) is 3.88. The molecule has 2 aliphatic rings. The number of ether oxygens (including phenoxy) is 3. The number of sulfonamides is 1. The summed E-state index contributed by atoms with van der Waals surface area (Å²) in [6.07, 6.45) is 0.704. The van der Waals surface area contributed by atoms with Gasteiger partial charge in [0.1, 0.15) is 19.0 Å². The van der Waals surface area contributed by atoms with Crippen LogP contribution in [0.4, 0.5) is 8.78 Å². The van der Waals surface area contributed by atoms with Gasteiger partial charge in [-0.2, -0.15) is 13.1 Å². The molecule has 1 N–H and O–H groups in total. The van der Waals surface area contributed by atoms with Crippen LogP contribution in [-0.2, 0) is 21.4 Å². The average Bonchev–Trinajstić information content (AvgIpc) is 2.82. The molecule has 2 aromatic rings. The van der Waals surface area contributed by atoms with Crippen LogP contribution in [0, 0.1) is 5.92 Å². The predicted molar refractivity (Wildman–Crippen MR) is 114 cm³/mol. The Morgan fingerprint density at radius 1 is 1.09 bits per heavy atom. The van der Waals surface area contributed by atoms with E-state index in [1.165, 1.54) is 22.5 Å². The number of para-hydroxylation sites is 1. The molecule has 0 spiro atoms. The van der Waals surface area contributed by atoms with Crippen molar-refractivity contribution in [1.29, 1.82) is 0 Å². The van der Waals surface area contributed by atoms with Crippen molar-refractivity contribution in [3.05, 3.63) is 48.0 Å². The number of fused-ring (bicyclic) bond motifs is 1. The van der Waals surface area contributed by atoms with Gasteiger partial charge in [-0.1, -0.05) is 18.2 Å². The van der Waals surface area contributed by atoms with Crippen molar-refractivity contribution < 1.29 is 36.2 Å². The SMILES string of the molecule is O=C(NCc1ccccc1OC(F)F)C1CCN(S(=O)(=O)c2ccc3c(c2)OCCO3)CC1. The molecule has 4 rings (SSSR count). The van der Waals surface area contributed by atoms with E-state index in [9.17, 15) is 22.0 Å². The largest absolute Gasteiger partial charge is 0.486 e. The summed E-state index contributed by atoms with van der Waals surface area (Å²) in [7, 11) is -3.74. The lowest BCUT2D eigenvalue weighted by molar-refractivity contribution is -0.126. The summed E-state index contributed by atoms with van der Waals surface area (Å²) in [6.45, 7) is -1.76. The zero-order valence-electron chi connectivity index (χ0n) is 17.7. The van der Waals surface area contributed by atoms with Crippen molar-refractivity contribution in [3.63, 3.8) is 0 Å². The molecule has 2 heterocycles. The number of carbonyl (C=O) groups excluding carboxylic acids is 1. The summed E-state index contributed by atoms with van der Waals surface area (Å²) in [5, 5.41) is 2.74. The number of piperidine rings is 1. The number of carbonyl (C=O) groups is 1. The number of rotatable bonds is 7. The van der Waals surface area contributed by atoms with Crippen molar-refractivity contribution >= 4 is 15.9 Å². The zero-order valence-corrected chi connectivity index (χ0v) is 18.5. The van der Waals surface area contributed by atoms with Crippen molar-refractivity contribution in [3.8, 4) is 17.2 Å². The van der Waals surface area contributed by atoms with Gasteiger partial charge in [-0.25, -0.2) is 8.42 Å². The van der Waals surface area contributed by atoms with Gasteiger partial charge < -0.3 is 19.5 Å². The summed E-state index contributed by atoms with van der Waals surface area (Å²) < 4.78 is 67.9. The maximum Gasteiger partial charge on any atom is 0.387 e. The number of halogens is 2. The van der Waals surface area contributed by atoms with Crippen LogP contribution >= 0.6 is 0 Å². The van der Waals surface area contributed by atoms with Crippen LogP contribution < -0.4 is 19.5 Å². The van der Waals surface area contributed by atoms with Gasteiger partial charge in [0.25, 0.3) is 0 Å². The van der Waals surface area contributed by atoms with E-state index in [4.69, 9.17) is 9.47 Å². The standard InChI is InChI=1S/C22H24F2N2O6S/c23-22(24)32-18-4-2-1-3-16(18)14-25-21(27)15-7-9-26(10-8-15)33(28,29)17-5-6-19-20(13-17)31-12-11-30-19/h1-6,13,15,22H,7-12,14H2,(H,25,27). The number of nitrogens with zero attached hydrogens (tertiary/aromatic N) is 1. The monoisotopic (exact) mass is 482 g/mol. The third-order valence-electron chi connectivity index (χ3n) is 5.62. The van der Waals surface area contributed by atoms with Crippen LogP contribution in [0.15, 0.2) is 47.4 Å². The number of benzene rings is 2. The molecule has 0 bridgehead atoms. The van der Waals surface area contributed by atoms with Crippen LogP contribution in [0.3, 0.4) is 0 Å². The Bertz CT molecular complexity index is 1100. The maximum atomic E-state index is 13.0. The van der Waals surface area contributed by atoms with Crippen molar-refractivity contribution in [2.24, 2.45) is 5.92 Å². The maximum absolute atomic E-state index is 13.0. The summed E-state index contributed by atoms with van der Waals surface area (Å²) in [6, 6.07) is 10.8. The van der Waals surface area contributed by atoms with Gasteiger partial charge in [0.2, 0.25) is 15.9 Å². The van der Waals surface area contributed by atoms with E-state index in [0.717, 1.165) is 0 Å². The first-order chi connectivity index (χ1) is 15.8. The van der Waals surface area contributed by atoms with Crippen LogP contribution in [0.1, 0.15) is 18.4 Å². The normalized spacial score (nSPS) is 17.1. The number of amides is 1. The van der Waals surface area contributed by atoms with E-state index >= 15 is 0 Å². The van der Waals surface area contributed by atoms with E-state index in [0.29, 0.717) is 43.1 Å². The van der Waals surface area contributed by atoms with Gasteiger partial charge in [-0.05, 0) is 31.0 Å². The molecule has 0 atom stereocenters. The predicted octanol–water partition coefficient (Wildman–Crippen LogP) is 2.78. The number of hydrogen-bond acceptors (Lipinski definition) is 6. The highest BCUT2D eigenvalue weighted by Crippen LogP contribution is 2.34. The smallest absolute Gasteiger partial charge is 0.387 e. The van der Waals surface area contributed by atoms with Crippen molar-refractivity contribution in [1.82, 2.24) is 9.62 Å². The fourth-order valence-corrected chi connectivity index (χ4v) is 5.36. The molecule has 11 heteroatoms. The lowest BCUT2D eigenvalue weighted by atomic mass is 9.97. The second-order valence-electron chi connectivity index (χ2n) is 7.69. The highest BCUT2D eigenvalue weighted by molar-refractivity contribution is 7.89. The van der Waals surface area contributed by atoms with Crippen molar-refractivity contribution in [2.75, 3.05) is 26.3 Å². The van der Waals surface area contributed by atoms with Gasteiger partial charge in [0.15, 0.2) is 11.5 Å². The third-order valence-corrected chi connectivity index (χ3v) is 7.51. The summed E-state index contributed by atoms with van der Waals surface area (Å²) in [4.78, 5) is 12.7. The number of nitrogens with one attached hydrogen (secondary N) is 1. The summed E-state index contributed by atoms with van der Waals surface area (Å²) in [5.41, 5.74) is 0.435. The molecule has 0 saturated carbocycles. The molecule has 33 heavy (non-hydrogen) atoms. The molecule has 8 nitrogen and oxygen atoms in total. The molecule has 0 unspecified atom stereocenters. The van der Waals surface area contributed by atoms with E-state index in [1.54, 1.807) is 24.3 Å². The van der Waals surface area contributed by atoms with Crippen LogP contribution in [0.2, 0.25) is 0 Å². The molecule has 0 aromatic heterocycles. The molecule has 2 aromatic carbocycles. The molecular weight excluding hydrogens is 458 g/mol. The summed E-state index contributed by atoms with van der Waals surface area (Å²) >= 11 is 0. The second kappa shape index (κ2) is 9.92. The quantitative estimate of drug-likeness (QED) is 0.652. The molecule has 2 aliphatic heterocycles. The molecular formula is C22H24F2N2O6S. The minimum absolute atomic E-state index is 0.00754. The lowest BCUT2D eigenvalue weighted by Gasteiger charge is -2.31. The Balaban J connectivity index is 1.33. The molecule has 0 radical (unpaired) electrons. The van der Waals surface area contributed by atoms with E-state index < -0.39 is 16.6 Å². The highest BCUT2D eigenvalue weighted by Gasteiger charge is 2.33. The van der Waals surface area contributed by atoms with Crippen LogP contribution in [-0.4, -0.2) is 51.5 Å². The van der Waals surface area contributed by atoms with E-state index in [1.807, 2.05) is 0 Å². The fraction of sp³-hybridized carbons (Fsp3) is 0.409. The Morgan fingerprint density at radius 3 is 2.52 bits per heavy atom. The molecule has 0 aliphatic carbocycles. The Morgan fingerprint density at radius 2 is 1.79 bits per heavy atom. The molecule has 1 saturated heterocycles. The van der Waals surface area contributed by atoms with Gasteiger partial charge in [-0.15, -0.1) is 0 Å². The van der Waals surface area contributed by atoms with Gasteiger partial charge in [-0.3, -0.25) is 4.79 Å². The van der Waals surface area contributed by atoms with Gasteiger partial charge in [0, 0.05) is 37.2 Å². The molecule has 1 amide bonds. The van der Waals surface area contributed by atoms with E-state index in [2.05, 4.69) is 10.1 Å². The van der Waals surface area contributed by atoms with Crippen molar-refractivity contribution in [2.45, 2.75) is 30.9 Å². The van der Waals surface area contributed by atoms with E-state index in [-0.39, 0.29) is 42.1 Å². The molecule has 1 fully saturated rings. The first-order valence-electron chi connectivity index (χ1n) is 10.5. The topological polar surface area (TPSA) is 94.2 Å². The average molecular weight is 483 g/mol. The first-order valence-corrected chi connectivity index (χ1v) is 12.0. The Hall–Kier alpha value is -2.92. The first kappa shape index (κ1) is 23.2. The third kappa shape index (κ3) is 5.36. The van der Waals surface area contributed by atoms with Crippen LogP contribution in [0.25, 0.3) is 0 Å². The summed E-state index contributed by atoms with van der Waals surface area (Å²) in [5.74, 6) is 0.287. The highest BCUT2D eigenvalue weighted by atomic mass is 32.2. The number of hydrogen-bond donors (Lipinski definition) is 1. The van der Waals surface area contributed by atoms with Gasteiger partial charge in [0.05, 0.1) is 4.90 Å².